The van der Waals surface area contributed by atoms with Crippen LogP contribution in [0.5, 0.6) is 0 Å². The van der Waals surface area contributed by atoms with Crippen molar-refractivity contribution in [2.45, 2.75) is 97.4 Å². The minimum atomic E-state index is -0.578. The molecule has 9 heteroatoms. The summed E-state index contributed by atoms with van der Waals surface area (Å²) in [5.41, 5.74) is 4.91. The number of para-hydroxylation sites is 1. The van der Waals surface area contributed by atoms with Gasteiger partial charge in [0, 0.05) is 29.6 Å². The van der Waals surface area contributed by atoms with Crippen LogP contribution in [-0.2, 0) is 25.4 Å². The number of hydrogen-bond acceptors (Lipinski definition) is 5. The molecule has 1 fully saturated rings. The lowest BCUT2D eigenvalue weighted by atomic mass is 9.82. The first-order valence-electron chi connectivity index (χ1n) is 16.9. The molecule has 0 aliphatic carbocycles. The number of hydrogen-bond donors (Lipinski definition) is 1. The molecule has 1 aromatic heterocycles. The number of carbonyl (C=O) groups is 2. The maximum Gasteiger partial charge on any atom is 0.456 e. The van der Waals surface area contributed by atoms with E-state index in [9.17, 15) is 14.0 Å². The molecule has 2 atom stereocenters. The Kier molecular flexibility index (Phi) is 11.2. The molecule has 1 saturated heterocycles. The first-order valence-corrected chi connectivity index (χ1v) is 16.9. The zero-order valence-corrected chi connectivity index (χ0v) is 28.8. The van der Waals surface area contributed by atoms with Crippen molar-refractivity contribution in [1.29, 1.82) is 0 Å². The van der Waals surface area contributed by atoms with E-state index in [2.05, 4.69) is 23.7 Å². The molecule has 1 aliphatic heterocycles. The van der Waals surface area contributed by atoms with Crippen LogP contribution in [0.1, 0.15) is 82.8 Å². The number of esters is 1. The van der Waals surface area contributed by atoms with E-state index < -0.39 is 12.7 Å². The van der Waals surface area contributed by atoms with Crippen LogP contribution in [0, 0.1) is 5.82 Å². The molecule has 4 aromatic rings. The number of anilines is 1. The highest BCUT2D eigenvalue weighted by atomic mass is 19.1. The molecular formula is C39H46BFN2O5. The van der Waals surface area contributed by atoms with Gasteiger partial charge in [0.1, 0.15) is 11.4 Å². The molecule has 1 N–H and O–H groups in total. The highest BCUT2D eigenvalue weighted by Gasteiger charge is 2.36. The van der Waals surface area contributed by atoms with Gasteiger partial charge >= 0.3 is 13.1 Å². The summed E-state index contributed by atoms with van der Waals surface area (Å²) < 4.78 is 34.5. The number of amides is 1. The summed E-state index contributed by atoms with van der Waals surface area (Å²) in [6, 6.07) is 25.7. The second kappa shape index (κ2) is 15.3. The largest absolute Gasteiger partial charge is 0.460 e. The van der Waals surface area contributed by atoms with Crippen LogP contribution >= 0.6 is 0 Å². The van der Waals surface area contributed by atoms with E-state index in [1.165, 1.54) is 12.1 Å². The smallest absolute Gasteiger partial charge is 0.456 e. The third-order valence-electron chi connectivity index (χ3n) is 8.33. The molecule has 0 radical (unpaired) electrons. The van der Waals surface area contributed by atoms with Crippen LogP contribution < -0.4 is 5.32 Å². The van der Waals surface area contributed by atoms with E-state index in [1.807, 2.05) is 88.4 Å². The lowest BCUT2D eigenvalue weighted by molar-refractivity contribution is -0.157. The van der Waals surface area contributed by atoms with Crippen LogP contribution in [-0.4, -0.2) is 41.4 Å². The fraction of sp³-hybridized carbons (Fsp3) is 0.385. The molecule has 0 bridgehead atoms. The van der Waals surface area contributed by atoms with Gasteiger partial charge in [-0.15, -0.1) is 0 Å². The number of benzene rings is 3. The SMILES string of the molecule is CCB1O[C@H](CCn2c(-c3ccc(F)cc3)c(-c3ccccc3)c(C(=O)Nc3ccccc3)c2C(C)C)C[C@H](CC(=O)OC(C)(C)C)O1. The van der Waals surface area contributed by atoms with Crippen LogP contribution in [0.25, 0.3) is 22.4 Å². The maximum atomic E-state index is 14.3. The average molecular weight is 653 g/mol. The Bertz CT molecular complexity index is 1680. The summed E-state index contributed by atoms with van der Waals surface area (Å²) in [7, 11) is -0.436. The summed E-state index contributed by atoms with van der Waals surface area (Å²) >= 11 is 0. The van der Waals surface area contributed by atoms with Crippen LogP contribution in [0.2, 0.25) is 6.32 Å². The summed E-state index contributed by atoms with van der Waals surface area (Å²) in [5, 5.41) is 3.13. The quantitative estimate of drug-likeness (QED) is 0.129. The minimum absolute atomic E-state index is 0.0305. The van der Waals surface area contributed by atoms with E-state index in [0.717, 1.165) is 28.1 Å². The van der Waals surface area contributed by atoms with Crippen molar-refractivity contribution in [3.63, 3.8) is 0 Å². The summed E-state index contributed by atoms with van der Waals surface area (Å²) in [6.45, 7) is 12.3. The van der Waals surface area contributed by atoms with Crippen molar-refractivity contribution in [1.82, 2.24) is 4.57 Å². The molecule has 48 heavy (non-hydrogen) atoms. The lowest BCUT2D eigenvalue weighted by Crippen LogP contribution is -2.42. The van der Waals surface area contributed by atoms with Gasteiger partial charge in [-0.25, -0.2) is 4.39 Å². The fourth-order valence-corrected chi connectivity index (χ4v) is 6.43. The predicted octanol–water partition coefficient (Wildman–Crippen LogP) is 9.14. The Hall–Kier alpha value is -4.21. The number of halogens is 1. The van der Waals surface area contributed by atoms with E-state index in [4.69, 9.17) is 14.0 Å². The second-order valence-corrected chi connectivity index (χ2v) is 13.7. The molecule has 0 unspecified atom stereocenters. The highest BCUT2D eigenvalue weighted by molar-refractivity contribution is 6.44. The minimum Gasteiger partial charge on any atom is -0.460 e. The van der Waals surface area contributed by atoms with Crippen molar-refractivity contribution in [2.24, 2.45) is 0 Å². The number of aromatic nitrogens is 1. The van der Waals surface area contributed by atoms with Gasteiger partial charge in [-0.3, -0.25) is 9.59 Å². The molecule has 1 aliphatic rings. The Morgan fingerprint density at radius 2 is 1.56 bits per heavy atom. The van der Waals surface area contributed by atoms with Gasteiger partial charge < -0.3 is 23.9 Å². The highest BCUT2D eigenvalue weighted by Crippen LogP contribution is 2.43. The van der Waals surface area contributed by atoms with Crippen molar-refractivity contribution in [3.8, 4) is 22.4 Å². The Labute approximate surface area is 283 Å². The van der Waals surface area contributed by atoms with Gasteiger partial charge in [-0.1, -0.05) is 69.3 Å². The molecular weight excluding hydrogens is 606 g/mol. The number of carbonyl (C=O) groups excluding carboxylic acids is 2. The summed E-state index contributed by atoms with van der Waals surface area (Å²) in [4.78, 5) is 27.1. The van der Waals surface area contributed by atoms with Crippen LogP contribution in [0.3, 0.4) is 0 Å². The lowest BCUT2D eigenvalue weighted by Gasteiger charge is -2.34. The van der Waals surface area contributed by atoms with Crippen molar-refractivity contribution < 1.29 is 28.0 Å². The Morgan fingerprint density at radius 3 is 2.17 bits per heavy atom. The number of rotatable bonds is 11. The van der Waals surface area contributed by atoms with Crippen LogP contribution in [0.4, 0.5) is 10.1 Å². The molecule has 1 amide bonds. The van der Waals surface area contributed by atoms with Gasteiger partial charge in [-0.05, 0) is 93.4 Å². The van der Waals surface area contributed by atoms with Crippen LogP contribution in [0.15, 0.2) is 84.9 Å². The van der Waals surface area contributed by atoms with Crippen molar-refractivity contribution in [2.75, 3.05) is 5.32 Å². The molecule has 3 aromatic carbocycles. The standard InChI is InChI=1S/C39H46BFN2O5/c1-7-40-47-31(24-32(48-40)25-33(44)46-39(4,5)6)22-23-43-36(26(2)3)35(38(45)42-30-16-12-9-13-17-30)34(27-14-10-8-11-15-27)37(43)28-18-20-29(41)21-19-28/h8-21,26,31-32H,7,22-25H2,1-6H3,(H,42,45)/t31-,32-/m1/s1. The third kappa shape index (κ3) is 8.63. The van der Waals surface area contributed by atoms with E-state index >= 15 is 0 Å². The zero-order valence-electron chi connectivity index (χ0n) is 28.8. The number of ether oxygens (including phenoxy) is 1. The Balaban J connectivity index is 1.58. The molecule has 0 saturated carbocycles. The average Bonchev–Trinajstić information content (AvgIpc) is 3.39. The normalized spacial score (nSPS) is 16.6. The second-order valence-electron chi connectivity index (χ2n) is 13.7. The van der Waals surface area contributed by atoms with Gasteiger partial charge in [0.25, 0.3) is 5.91 Å². The van der Waals surface area contributed by atoms with Gasteiger partial charge in [0.15, 0.2) is 0 Å². The fourth-order valence-electron chi connectivity index (χ4n) is 6.43. The zero-order chi connectivity index (χ0) is 34.4. The number of nitrogens with zero attached hydrogens (tertiary/aromatic N) is 1. The summed E-state index contributed by atoms with van der Waals surface area (Å²) in [6.07, 6.45) is 1.42. The first-order chi connectivity index (χ1) is 22.9. The van der Waals surface area contributed by atoms with Crippen molar-refractivity contribution in [3.05, 3.63) is 102 Å². The molecule has 0 spiro atoms. The predicted molar refractivity (Wildman–Crippen MR) is 189 cm³/mol. The first kappa shape index (κ1) is 35.1. The topological polar surface area (TPSA) is 78.8 Å². The van der Waals surface area contributed by atoms with E-state index in [0.29, 0.717) is 37.0 Å². The summed E-state index contributed by atoms with van der Waals surface area (Å²) in [5.74, 6) is -0.870. The number of nitrogens with one attached hydrogen (secondary N) is 1. The van der Waals surface area contributed by atoms with Gasteiger partial charge in [0.05, 0.1) is 23.8 Å². The van der Waals surface area contributed by atoms with E-state index in [-0.39, 0.29) is 42.2 Å². The van der Waals surface area contributed by atoms with E-state index in [1.54, 1.807) is 12.1 Å². The monoisotopic (exact) mass is 652 g/mol. The van der Waals surface area contributed by atoms with Gasteiger partial charge in [0.2, 0.25) is 0 Å². The molecule has 5 rings (SSSR count). The molecule has 7 nitrogen and oxygen atoms in total. The van der Waals surface area contributed by atoms with Crippen molar-refractivity contribution >= 4 is 24.7 Å². The van der Waals surface area contributed by atoms with Gasteiger partial charge in [-0.2, -0.15) is 0 Å². The molecule has 2 heterocycles. The third-order valence-corrected chi connectivity index (χ3v) is 8.33. The Morgan fingerprint density at radius 1 is 0.938 bits per heavy atom. The maximum absolute atomic E-state index is 14.3. The molecule has 252 valence electrons.